The number of thiophene rings is 1. The molecule has 1 unspecified atom stereocenters. The van der Waals surface area contributed by atoms with Crippen LogP contribution in [0.1, 0.15) is 24.6 Å². The number of nitro groups is 1. The molecular weight excluding hydrogens is 250 g/mol. The zero-order chi connectivity index (χ0) is 13.0. The van der Waals surface area contributed by atoms with E-state index in [0.717, 1.165) is 11.4 Å². The average molecular weight is 269 g/mol. The third kappa shape index (κ3) is 3.76. The molecule has 0 radical (unpaired) electrons. The molecule has 100 valence electrons. The van der Waals surface area contributed by atoms with Crippen LogP contribution in [0, 0.1) is 10.1 Å². The molecule has 0 spiro atoms. The van der Waals surface area contributed by atoms with Crippen LogP contribution in [0.2, 0.25) is 0 Å². The van der Waals surface area contributed by atoms with Crippen molar-refractivity contribution in [2.45, 2.75) is 32.4 Å². The van der Waals surface area contributed by atoms with Gasteiger partial charge in [0.1, 0.15) is 0 Å². The predicted molar refractivity (Wildman–Crippen MR) is 72.9 cm³/mol. The van der Waals surface area contributed by atoms with Crippen molar-refractivity contribution < 1.29 is 4.92 Å². The Labute approximate surface area is 111 Å². The van der Waals surface area contributed by atoms with Gasteiger partial charge in [0.15, 0.2) is 0 Å². The van der Waals surface area contributed by atoms with E-state index in [1.165, 1.54) is 37.3 Å². The van der Waals surface area contributed by atoms with Gasteiger partial charge in [0.2, 0.25) is 0 Å². The van der Waals surface area contributed by atoms with Crippen LogP contribution in [0.4, 0.5) is 5.00 Å². The van der Waals surface area contributed by atoms with Gasteiger partial charge in [0.25, 0.3) is 0 Å². The lowest BCUT2D eigenvalue weighted by atomic mass is 10.3. The first-order valence-corrected chi connectivity index (χ1v) is 7.15. The van der Waals surface area contributed by atoms with Gasteiger partial charge in [-0.3, -0.25) is 10.1 Å². The summed E-state index contributed by atoms with van der Waals surface area (Å²) in [5, 5.41) is 14.2. The monoisotopic (exact) mass is 269 g/mol. The lowest BCUT2D eigenvalue weighted by Crippen LogP contribution is -2.37. The molecule has 1 aromatic heterocycles. The molecule has 2 rings (SSSR count). The van der Waals surface area contributed by atoms with Crippen LogP contribution in [0.25, 0.3) is 0 Å². The Morgan fingerprint density at radius 2 is 2.22 bits per heavy atom. The number of nitrogens with one attached hydrogen (secondary N) is 1. The first-order valence-electron chi connectivity index (χ1n) is 6.34. The highest BCUT2D eigenvalue weighted by Gasteiger charge is 2.15. The van der Waals surface area contributed by atoms with Gasteiger partial charge in [-0.2, -0.15) is 0 Å². The summed E-state index contributed by atoms with van der Waals surface area (Å²) in [4.78, 5) is 13.7. The third-order valence-electron chi connectivity index (χ3n) is 3.18. The van der Waals surface area contributed by atoms with Gasteiger partial charge in [-0.25, -0.2) is 0 Å². The molecule has 18 heavy (non-hydrogen) atoms. The number of nitrogens with zero attached hydrogens (tertiary/aromatic N) is 2. The first-order chi connectivity index (χ1) is 8.65. The fourth-order valence-corrected chi connectivity index (χ4v) is 3.02. The van der Waals surface area contributed by atoms with E-state index in [4.69, 9.17) is 0 Å². The molecule has 1 N–H and O–H groups in total. The van der Waals surface area contributed by atoms with E-state index in [0.29, 0.717) is 12.6 Å². The van der Waals surface area contributed by atoms with Gasteiger partial charge < -0.3 is 10.2 Å². The number of hydrogen-bond acceptors (Lipinski definition) is 5. The minimum atomic E-state index is -0.332. The van der Waals surface area contributed by atoms with Crippen molar-refractivity contribution in [1.82, 2.24) is 10.2 Å². The SMILES string of the molecule is CC(CN1CCCC1)NCc1ccc([N+](=O)[O-])s1. The maximum atomic E-state index is 10.6. The van der Waals surface area contributed by atoms with Crippen molar-refractivity contribution in [3.8, 4) is 0 Å². The lowest BCUT2D eigenvalue weighted by Gasteiger charge is -2.20. The molecule has 0 bridgehead atoms. The Balaban J connectivity index is 1.74. The second kappa shape index (κ2) is 6.26. The largest absolute Gasteiger partial charge is 0.324 e. The molecule has 1 aliphatic rings. The van der Waals surface area contributed by atoms with Crippen LogP contribution in [-0.4, -0.2) is 35.5 Å². The first kappa shape index (κ1) is 13.5. The molecule has 1 aliphatic heterocycles. The van der Waals surface area contributed by atoms with E-state index in [2.05, 4.69) is 17.1 Å². The van der Waals surface area contributed by atoms with Crippen LogP contribution < -0.4 is 5.32 Å². The molecule has 0 aliphatic carbocycles. The molecular formula is C12H19N3O2S. The maximum Gasteiger partial charge on any atom is 0.324 e. The summed E-state index contributed by atoms with van der Waals surface area (Å²) >= 11 is 1.25. The molecule has 1 aromatic rings. The normalized spacial score (nSPS) is 18.1. The van der Waals surface area contributed by atoms with E-state index in [-0.39, 0.29) is 9.92 Å². The van der Waals surface area contributed by atoms with E-state index in [1.807, 2.05) is 6.07 Å². The molecule has 6 heteroatoms. The van der Waals surface area contributed by atoms with E-state index < -0.39 is 0 Å². The van der Waals surface area contributed by atoms with Crippen molar-refractivity contribution in [2.75, 3.05) is 19.6 Å². The van der Waals surface area contributed by atoms with Crippen LogP contribution in [0.5, 0.6) is 0 Å². The summed E-state index contributed by atoms with van der Waals surface area (Å²) in [6.07, 6.45) is 2.62. The molecule has 5 nitrogen and oxygen atoms in total. The van der Waals surface area contributed by atoms with Crippen LogP contribution in [-0.2, 0) is 6.54 Å². The van der Waals surface area contributed by atoms with Crippen LogP contribution in [0.15, 0.2) is 12.1 Å². The second-order valence-electron chi connectivity index (χ2n) is 4.79. The van der Waals surface area contributed by atoms with Gasteiger partial charge in [-0.15, -0.1) is 0 Å². The highest BCUT2D eigenvalue weighted by molar-refractivity contribution is 7.15. The minimum absolute atomic E-state index is 0.221. The summed E-state index contributed by atoms with van der Waals surface area (Å²) in [5.41, 5.74) is 0. The van der Waals surface area contributed by atoms with Gasteiger partial charge in [0.05, 0.1) is 4.92 Å². The summed E-state index contributed by atoms with van der Waals surface area (Å²) < 4.78 is 0. The van der Waals surface area contributed by atoms with Crippen LogP contribution in [0.3, 0.4) is 0 Å². The molecule has 0 aromatic carbocycles. The number of rotatable bonds is 6. The number of hydrogen-bond donors (Lipinski definition) is 1. The average Bonchev–Trinajstić information content (AvgIpc) is 2.96. The van der Waals surface area contributed by atoms with Crippen molar-refractivity contribution in [1.29, 1.82) is 0 Å². The Kier molecular flexibility index (Phi) is 4.68. The van der Waals surface area contributed by atoms with Crippen molar-refractivity contribution in [3.05, 3.63) is 27.1 Å². The zero-order valence-electron chi connectivity index (χ0n) is 10.6. The van der Waals surface area contributed by atoms with Crippen molar-refractivity contribution in [2.24, 2.45) is 0 Å². The molecule has 1 atom stereocenters. The van der Waals surface area contributed by atoms with Crippen molar-refractivity contribution in [3.63, 3.8) is 0 Å². The Bertz CT molecular complexity index is 402. The Morgan fingerprint density at radius 3 is 2.83 bits per heavy atom. The van der Waals surface area contributed by atoms with E-state index in [1.54, 1.807) is 6.07 Å². The Hall–Kier alpha value is -0.980. The van der Waals surface area contributed by atoms with Crippen LogP contribution >= 0.6 is 11.3 Å². The summed E-state index contributed by atoms with van der Waals surface area (Å²) in [5.74, 6) is 0. The second-order valence-corrected chi connectivity index (χ2v) is 5.93. The molecule has 1 saturated heterocycles. The molecule has 0 saturated carbocycles. The highest BCUT2D eigenvalue weighted by atomic mass is 32.1. The molecule has 2 heterocycles. The van der Waals surface area contributed by atoms with Gasteiger partial charge in [-0.1, -0.05) is 11.3 Å². The number of likely N-dealkylation sites (tertiary alicyclic amines) is 1. The topological polar surface area (TPSA) is 58.4 Å². The van der Waals surface area contributed by atoms with Gasteiger partial charge in [-0.05, 0) is 38.9 Å². The van der Waals surface area contributed by atoms with Gasteiger partial charge in [0, 0.05) is 30.1 Å². The zero-order valence-corrected chi connectivity index (χ0v) is 11.4. The highest BCUT2D eigenvalue weighted by Crippen LogP contribution is 2.23. The smallest absolute Gasteiger partial charge is 0.308 e. The van der Waals surface area contributed by atoms with Crippen molar-refractivity contribution >= 4 is 16.3 Å². The van der Waals surface area contributed by atoms with Gasteiger partial charge >= 0.3 is 5.00 Å². The summed E-state index contributed by atoms with van der Waals surface area (Å²) in [7, 11) is 0. The minimum Gasteiger partial charge on any atom is -0.308 e. The predicted octanol–water partition coefficient (Wildman–Crippen LogP) is 2.23. The Morgan fingerprint density at radius 1 is 1.50 bits per heavy atom. The quantitative estimate of drug-likeness (QED) is 0.635. The fraction of sp³-hybridized carbons (Fsp3) is 0.667. The molecule has 1 fully saturated rings. The third-order valence-corrected chi connectivity index (χ3v) is 4.22. The van der Waals surface area contributed by atoms with E-state index in [9.17, 15) is 10.1 Å². The summed E-state index contributed by atoms with van der Waals surface area (Å²) in [6, 6.07) is 3.83. The standard InChI is InChI=1S/C12H19N3O2S/c1-10(9-14-6-2-3-7-14)13-8-11-4-5-12(18-11)15(16)17/h4-5,10,13H,2-3,6-9H2,1H3. The maximum absolute atomic E-state index is 10.6. The fourth-order valence-electron chi connectivity index (χ4n) is 2.25. The summed E-state index contributed by atoms with van der Waals surface area (Å²) in [6.45, 7) is 6.36. The lowest BCUT2D eigenvalue weighted by molar-refractivity contribution is -0.380. The molecule has 0 amide bonds. The van der Waals surface area contributed by atoms with E-state index >= 15 is 0 Å².